The van der Waals surface area contributed by atoms with Gasteiger partial charge in [0.1, 0.15) is 5.75 Å². The van der Waals surface area contributed by atoms with Gasteiger partial charge in [-0.2, -0.15) is 0 Å². The van der Waals surface area contributed by atoms with Crippen LogP contribution in [0.4, 0.5) is 0 Å². The van der Waals surface area contributed by atoms with Gasteiger partial charge in [-0.3, -0.25) is 0 Å². The van der Waals surface area contributed by atoms with Crippen molar-refractivity contribution in [1.29, 1.82) is 0 Å². The van der Waals surface area contributed by atoms with E-state index in [0.29, 0.717) is 5.75 Å². The van der Waals surface area contributed by atoms with Crippen LogP contribution in [0, 0.1) is 0 Å². The smallest absolute Gasteiger partial charge is 0.337 e. The maximum atomic E-state index is 10.8. The quantitative estimate of drug-likeness (QED) is 0.782. The molecule has 6 nitrogen and oxygen atoms in total. The summed E-state index contributed by atoms with van der Waals surface area (Å²) in [4.78, 5) is 10.8. The highest BCUT2D eigenvalue weighted by molar-refractivity contribution is 5.77. The molecule has 0 saturated heterocycles. The lowest BCUT2D eigenvalue weighted by Crippen LogP contribution is -2.12. The van der Waals surface area contributed by atoms with Gasteiger partial charge in [0.25, 0.3) is 0 Å². The van der Waals surface area contributed by atoms with Crippen LogP contribution in [-0.4, -0.2) is 30.1 Å². The van der Waals surface area contributed by atoms with E-state index in [1.165, 1.54) is 13.2 Å². The van der Waals surface area contributed by atoms with Crippen molar-refractivity contribution >= 4 is 5.97 Å². The minimum Gasteiger partial charge on any atom is -0.496 e. The Balaban J connectivity index is 2.56. The Hall–Kier alpha value is -1.95. The number of fused-ring (bicyclic) bond motifs is 1. The van der Waals surface area contributed by atoms with Gasteiger partial charge < -0.3 is 24.4 Å². The van der Waals surface area contributed by atoms with E-state index in [9.17, 15) is 9.90 Å². The van der Waals surface area contributed by atoms with Gasteiger partial charge in [-0.15, -0.1) is 0 Å². The van der Waals surface area contributed by atoms with E-state index >= 15 is 0 Å². The van der Waals surface area contributed by atoms with Gasteiger partial charge in [0, 0.05) is 0 Å². The molecule has 1 aromatic carbocycles. The third kappa shape index (κ3) is 1.53. The maximum Gasteiger partial charge on any atom is 0.337 e. The van der Waals surface area contributed by atoms with E-state index < -0.39 is 12.1 Å². The highest BCUT2D eigenvalue weighted by Crippen LogP contribution is 2.43. The summed E-state index contributed by atoms with van der Waals surface area (Å²) in [5.74, 6) is -0.508. The number of aliphatic hydroxyl groups excluding tert-OH is 1. The fourth-order valence-electron chi connectivity index (χ4n) is 1.54. The lowest BCUT2D eigenvalue weighted by molar-refractivity contribution is -0.147. The zero-order valence-corrected chi connectivity index (χ0v) is 8.47. The molecular weight excluding hydrogens is 216 g/mol. The number of hydrogen-bond donors (Lipinski definition) is 2. The Bertz CT molecular complexity index is 428. The topological polar surface area (TPSA) is 85.2 Å². The molecule has 1 heterocycles. The summed E-state index contributed by atoms with van der Waals surface area (Å²) >= 11 is 0. The summed E-state index contributed by atoms with van der Waals surface area (Å²) in [7, 11) is 1.38. The molecule has 0 radical (unpaired) electrons. The summed E-state index contributed by atoms with van der Waals surface area (Å²) in [6.07, 6.45) is -1.70. The molecule has 2 rings (SSSR count). The van der Waals surface area contributed by atoms with Gasteiger partial charge in [-0.05, 0) is 12.1 Å². The Labute approximate surface area is 91.0 Å². The third-order valence-electron chi connectivity index (χ3n) is 2.26. The largest absolute Gasteiger partial charge is 0.496 e. The van der Waals surface area contributed by atoms with Crippen LogP contribution in [0.3, 0.4) is 0 Å². The molecule has 16 heavy (non-hydrogen) atoms. The second-order valence-corrected chi connectivity index (χ2v) is 3.16. The molecule has 86 valence electrons. The summed E-state index contributed by atoms with van der Waals surface area (Å²) in [6.45, 7) is 0.00183. The van der Waals surface area contributed by atoms with Crippen molar-refractivity contribution in [2.24, 2.45) is 0 Å². The fraction of sp³-hybridized carbons (Fsp3) is 0.300. The molecule has 0 aromatic heterocycles. The van der Waals surface area contributed by atoms with Crippen LogP contribution in [-0.2, 0) is 4.79 Å². The van der Waals surface area contributed by atoms with Crippen LogP contribution in [0.15, 0.2) is 12.1 Å². The number of carboxylic acid groups (broad SMARTS) is 1. The second-order valence-electron chi connectivity index (χ2n) is 3.16. The number of carboxylic acids is 1. The average Bonchev–Trinajstić information content (AvgIpc) is 2.74. The molecule has 0 spiro atoms. The number of methoxy groups -OCH3 is 1. The molecule has 0 aliphatic carbocycles. The van der Waals surface area contributed by atoms with Gasteiger partial charge in [0.2, 0.25) is 6.79 Å². The van der Waals surface area contributed by atoms with E-state index in [-0.39, 0.29) is 23.9 Å². The summed E-state index contributed by atoms with van der Waals surface area (Å²) in [5, 5.41) is 18.3. The minimum absolute atomic E-state index is 0.00183. The molecule has 0 bridgehead atoms. The molecule has 1 atom stereocenters. The van der Waals surface area contributed by atoms with Crippen LogP contribution in [0.1, 0.15) is 11.7 Å². The Morgan fingerprint density at radius 1 is 1.50 bits per heavy atom. The molecule has 0 saturated carbocycles. The molecule has 2 N–H and O–H groups in total. The van der Waals surface area contributed by atoms with Gasteiger partial charge in [-0.1, -0.05) is 0 Å². The molecule has 1 aliphatic heterocycles. The van der Waals surface area contributed by atoms with E-state index in [1.54, 1.807) is 6.07 Å². The van der Waals surface area contributed by atoms with Crippen LogP contribution >= 0.6 is 0 Å². The molecular formula is C10H10O6. The van der Waals surface area contributed by atoms with Gasteiger partial charge >= 0.3 is 5.97 Å². The highest BCUT2D eigenvalue weighted by Gasteiger charge is 2.30. The molecule has 0 fully saturated rings. The lowest BCUT2D eigenvalue weighted by atomic mass is 10.1. The molecule has 1 aliphatic rings. The first-order chi connectivity index (χ1) is 7.65. The number of aliphatic carboxylic acids is 1. The standard InChI is InChI=1S/C10H10O6/c1-14-5-2-3-6-9(16-4-15-6)7(5)8(11)10(12)13/h2-3,8,11H,4H2,1H3,(H,12,13). The van der Waals surface area contributed by atoms with Crippen molar-refractivity contribution in [3.63, 3.8) is 0 Å². The van der Waals surface area contributed by atoms with Crippen LogP contribution < -0.4 is 14.2 Å². The van der Waals surface area contributed by atoms with Crippen molar-refractivity contribution in [2.75, 3.05) is 13.9 Å². The van der Waals surface area contributed by atoms with E-state index in [0.717, 1.165) is 0 Å². The van der Waals surface area contributed by atoms with Gasteiger partial charge in [0.05, 0.1) is 12.7 Å². The van der Waals surface area contributed by atoms with Crippen molar-refractivity contribution in [3.8, 4) is 17.2 Å². The van der Waals surface area contributed by atoms with Crippen LogP contribution in [0.2, 0.25) is 0 Å². The van der Waals surface area contributed by atoms with E-state index in [4.69, 9.17) is 19.3 Å². The van der Waals surface area contributed by atoms with Crippen molar-refractivity contribution in [2.45, 2.75) is 6.10 Å². The predicted molar refractivity (Wildman–Crippen MR) is 51.7 cm³/mol. The van der Waals surface area contributed by atoms with Gasteiger partial charge in [0.15, 0.2) is 17.6 Å². The normalized spacial score (nSPS) is 14.6. The minimum atomic E-state index is -1.70. The monoisotopic (exact) mass is 226 g/mol. The van der Waals surface area contributed by atoms with E-state index in [1.807, 2.05) is 0 Å². The number of rotatable bonds is 3. The summed E-state index contributed by atoms with van der Waals surface area (Å²) in [6, 6.07) is 3.12. The average molecular weight is 226 g/mol. The number of benzene rings is 1. The first-order valence-electron chi connectivity index (χ1n) is 4.52. The fourth-order valence-corrected chi connectivity index (χ4v) is 1.54. The molecule has 6 heteroatoms. The van der Waals surface area contributed by atoms with E-state index in [2.05, 4.69) is 0 Å². The van der Waals surface area contributed by atoms with Crippen molar-refractivity contribution < 1.29 is 29.2 Å². The number of hydrogen-bond acceptors (Lipinski definition) is 5. The van der Waals surface area contributed by atoms with Crippen molar-refractivity contribution in [1.82, 2.24) is 0 Å². The highest BCUT2D eigenvalue weighted by atomic mass is 16.7. The number of ether oxygens (including phenoxy) is 3. The Morgan fingerprint density at radius 2 is 2.25 bits per heavy atom. The maximum absolute atomic E-state index is 10.8. The lowest BCUT2D eigenvalue weighted by Gasteiger charge is -2.13. The Morgan fingerprint density at radius 3 is 2.88 bits per heavy atom. The zero-order valence-electron chi connectivity index (χ0n) is 8.47. The molecule has 1 aromatic rings. The van der Waals surface area contributed by atoms with Gasteiger partial charge in [-0.25, -0.2) is 4.79 Å². The molecule has 1 unspecified atom stereocenters. The molecule has 0 amide bonds. The van der Waals surface area contributed by atoms with Crippen molar-refractivity contribution in [3.05, 3.63) is 17.7 Å². The Kier molecular flexibility index (Phi) is 2.57. The first-order valence-corrected chi connectivity index (χ1v) is 4.52. The third-order valence-corrected chi connectivity index (χ3v) is 2.26. The summed E-state index contributed by atoms with van der Waals surface area (Å²) < 4.78 is 15.2. The number of carbonyl (C=O) groups is 1. The van der Waals surface area contributed by atoms with Crippen LogP contribution in [0.5, 0.6) is 17.2 Å². The summed E-state index contributed by atoms with van der Waals surface area (Å²) in [5.41, 5.74) is 0.0741. The number of aliphatic hydroxyl groups is 1. The zero-order chi connectivity index (χ0) is 11.7. The predicted octanol–water partition coefficient (Wildman–Crippen LogP) is 0.542. The second kappa shape index (κ2) is 3.90. The first kappa shape index (κ1) is 10.6. The SMILES string of the molecule is COc1ccc2c(c1C(O)C(=O)O)OCO2. The van der Waals surface area contributed by atoms with Crippen LogP contribution in [0.25, 0.3) is 0 Å².